The van der Waals surface area contributed by atoms with Crippen LogP contribution in [0, 0.1) is 11.8 Å². The van der Waals surface area contributed by atoms with E-state index in [1.807, 2.05) is 0 Å². The van der Waals surface area contributed by atoms with E-state index in [0.717, 1.165) is 31.2 Å². The summed E-state index contributed by atoms with van der Waals surface area (Å²) in [6.45, 7) is 2.05. The van der Waals surface area contributed by atoms with Gasteiger partial charge in [0.1, 0.15) is 0 Å². The summed E-state index contributed by atoms with van der Waals surface area (Å²) in [6, 6.07) is 0. The summed E-state index contributed by atoms with van der Waals surface area (Å²) in [5.41, 5.74) is 0.815. The van der Waals surface area contributed by atoms with Crippen LogP contribution in [0.3, 0.4) is 0 Å². The van der Waals surface area contributed by atoms with Crippen molar-refractivity contribution in [2.75, 3.05) is 13.4 Å². The molecule has 6 nitrogen and oxygen atoms in total. The Morgan fingerprint density at radius 2 is 2.19 bits per heavy atom. The fourth-order valence-electron chi connectivity index (χ4n) is 2.55. The van der Waals surface area contributed by atoms with Crippen LogP contribution in [0.2, 0.25) is 0 Å². The van der Waals surface area contributed by atoms with Crippen molar-refractivity contribution in [1.82, 2.24) is 4.83 Å². The van der Waals surface area contributed by atoms with Crippen molar-refractivity contribution >= 4 is 21.7 Å². The number of sulfonamides is 1. The van der Waals surface area contributed by atoms with E-state index >= 15 is 0 Å². The molecular formula is C14H24N2O4S. The summed E-state index contributed by atoms with van der Waals surface area (Å²) < 4.78 is 27.0. The Kier molecular flexibility index (Phi) is 6.87. The standard InChI is InChI=1S/C14H24N2O4S/c1-4-5-6-7-12-11(10-14(17)20-2)8-9-13(12)15-16-21(3,18)19/h5-6,11-12,16H,4,7-10H2,1-3H3/b6-5+,15-13-. The summed E-state index contributed by atoms with van der Waals surface area (Å²) in [7, 11) is -1.97. The molecule has 0 amide bonds. The van der Waals surface area contributed by atoms with E-state index < -0.39 is 10.0 Å². The second kappa shape index (κ2) is 8.17. The molecule has 1 aliphatic carbocycles. The Bertz CT molecular complexity index is 511. The quantitative estimate of drug-likeness (QED) is 0.441. The Labute approximate surface area is 126 Å². The number of hydrogen-bond acceptors (Lipinski definition) is 5. The van der Waals surface area contributed by atoms with Crippen LogP contribution in [-0.4, -0.2) is 33.5 Å². The third-order valence-electron chi connectivity index (χ3n) is 3.57. The summed E-state index contributed by atoms with van der Waals surface area (Å²) in [5, 5.41) is 4.03. The van der Waals surface area contributed by atoms with Crippen LogP contribution in [0.5, 0.6) is 0 Å². The van der Waals surface area contributed by atoms with Gasteiger partial charge in [-0.3, -0.25) is 4.79 Å². The van der Waals surface area contributed by atoms with E-state index in [4.69, 9.17) is 4.74 Å². The van der Waals surface area contributed by atoms with Gasteiger partial charge in [0.2, 0.25) is 10.0 Å². The lowest BCUT2D eigenvalue weighted by atomic mass is 9.89. The van der Waals surface area contributed by atoms with Gasteiger partial charge in [-0.25, -0.2) is 13.2 Å². The number of carbonyl (C=O) groups excluding carboxylic acids is 1. The number of rotatable bonds is 7. The molecule has 0 spiro atoms. The van der Waals surface area contributed by atoms with E-state index in [0.29, 0.717) is 12.8 Å². The molecule has 2 atom stereocenters. The van der Waals surface area contributed by atoms with Gasteiger partial charge >= 0.3 is 5.97 Å². The summed E-state index contributed by atoms with van der Waals surface area (Å²) >= 11 is 0. The van der Waals surface area contributed by atoms with Crippen LogP contribution in [0.4, 0.5) is 0 Å². The predicted octanol–water partition coefficient (Wildman–Crippen LogP) is 1.84. The molecule has 2 unspecified atom stereocenters. The van der Waals surface area contributed by atoms with Gasteiger partial charge in [-0.05, 0) is 31.6 Å². The Balaban J connectivity index is 2.82. The van der Waals surface area contributed by atoms with Crippen LogP contribution >= 0.6 is 0 Å². The lowest BCUT2D eigenvalue weighted by Crippen LogP contribution is -2.22. The van der Waals surface area contributed by atoms with Crippen LogP contribution < -0.4 is 4.83 Å². The van der Waals surface area contributed by atoms with E-state index in [2.05, 4.69) is 29.0 Å². The molecule has 1 aliphatic rings. The molecule has 0 aromatic carbocycles. The van der Waals surface area contributed by atoms with Gasteiger partial charge in [-0.2, -0.15) is 5.10 Å². The number of nitrogens with one attached hydrogen (secondary N) is 1. The second-order valence-electron chi connectivity index (χ2n) is 5.27. The Hall–Kier alpha value is -1.37. The number of hydrogen-bond donors (Lipinski definition) is 1. The Morgan fingerprint density at radius 1 is 1.48 bits per heavy atom. The molecule has 21 heavy (non-hydrogen) atoms. The number of nitrogens with zero attached hydrogens (tertiary/aromatic N) is 1. The van der Waals surface area contributed by atoms with Gasteiger partial charge in [0, 0.05) is 18.1 Å². The maximum atomic E-state index is 11.5. The zero-order valence-electron chi connectivity index (χ0n) is 12.8. The van der Waals surface area contributed by atoms with Crippen molar-refractivity contribution in [2.24, 2.45) is 16.9 Å². The van der Waals surface area contributed by atoms with E-state index in [1.165, 1.54) is 7.11 Å². The predicted molar refractivity (Wildman–Crippen MR) is 82.3 cm³/mol. The van der Waals surface area contributed by atoms with Gasteiger partial charge < -0.3 is 4.74 Å². The lowest BCUT2D eigenvalue weighted by Gasteiger charge is -2.17. The van der Waals surface area contributed by atoms with Crippen molar-refractivity contribution in [2.45, 2.75) is 39.0 Å². The zero-order valence-corrected chi connectivity index (χ0v) is 13.6. The first-order valence-electron chi connectivity index (χ1n) is 7.12. The number of ether oxygens (including phenoxy) is 1. The average Bonchev–Trinajstić information content (AvgIpc) is 2.78. The fourth-order valence-corrected chi connectivity index (χ4v) is 2.84. The molecule has 7 heteroatoms. The lowest BCUT2D eigenvalue weighted by molar-refractivity contribution is -0.141. The summed E-state index contributed by atoms with van der Waals surface area (Å²) in [6.07, 6.45) is 8.79. The van der Waals surface area contributed by atoms with Gasteiger partial charge in [0.05, 0.1) is 13.4 Å². The molecule has 0 aromatic rings. The normalized spacial score (nSPS) is 24.6. The van der Waals surface area contributed by atoms with Gasteiger partial charge in [0.25, 0.3) is 0 Å². The van der Waals surface area contributed by atoms with Crippen molar-refractivity contribution in [3.8, 4) is 0 Å². The maximum absolute atomic E-state index is 11.5. The molecule has 0 saturated heterocycles. The first-order valence-corrected chi connectivity index (χ1v) is 9.01. The highest BCUT2D eigenvalue weighted by Crippen LogP contribution is 2.35. The topological polar surface area (TPSA) is 84.8 Å². The summed E-state index contributed by atoms with van der Waals surface area (Å²) in [4.78, 5) is 13.7. The zero-order chi connectivity index (χ0) is 15.9. The minimum Gasteiger partial charge on any atom is -0.469 e. The first kappa shape index (κ1) is 17.7. The minimum absolute atomic E-state index is 0.0844. The Morgan fingerprint density at radius 3 is 2.76 bits per heavy atom. The van der Waals surface area contributed by atoms with Crippen molar-refractivity contribution in [1.29, 1.82) is 0 Å². The molecule has 1 rings (SSSR count). The molecule has 0 aromatic heterocycles. The fraction of sp³-hybridized carbons (Fsp3) is 0.714. The summed E-state index contributed by atoms with van der Waals surface area (Å²) in [5.74, 6) is 0.00186. The van der Waals surface area contributed by atoms with Crippen LogP contribution in [-0.2, 0) is 19.6 Å². The highest BCUT2D eigenvalue weighted by Gasteiger charge is 2.34. The SMILES string of the molecule is CC/C=C/CC1/C(=N\NS(C)(=O)=O)CCC1CC(=O)OC. The van der Waals surface area contributed by atoms with Crippen molar-refractivity contribution in [3.63, 3.8) is 0 Å². The first-order chi connectivity index (χ1) is 9.87. The van der Waals surface area contributed by atoms with Gasteiger partial charge in [0.15, 0.2) is 0 Å². The molecule has 1 saturated carbocycles. The number of hydrazone groups is 1. The largest absolute Gasteiger partial charge is 0.469 e. The highest BCUT2D eigenvalue weighted by molar-refractivity contribution is 7.88. The number of methoxy groups -OCH3 is 1. The van der Waals surface area contributed by atoms with Crippen molar-refractivity contribution in [3.05, 3.63) is 12.2 Å². The molecule has 0 heterocycles. The van der Waals surface area contributed by atoms with Crippen LogP contribution in [0.1, 0.15) is 39.0 Å². The second-order valence-corrected chi connectivity index (χ2v) is 6.99. The third-order valence-corrected chi connectivity index (χ3v) is 4.00. The number of carbonyl (C=O) groups is 1. The van der Waals surface area contributed by atoms with E-state index in [1.54, 1.807) is 0 Å². The third kappa shape index (κ3) is 6.29. The van der Waals surface area contributed by atoms with E-state index in [9.17, 15) is 13.2 Å². The molecule has 120 valence electrons. The van der Waals surface area contributed by atoms with Gasteiger partial charge in [-0.15, -0.1) is 0 Å². The van der Waals surface area contributed by atoms with Gasteiger partial charge in [-0.1, -0.05) is 19.1 Å². The minimum atomic E-state index is -3.35. The number of allylic oxidation sites excluding steroid dienone is 2. The molecule has 0 radical (unpaired) electrons. The molecule has 0 aliphatic heterocycles. The smallest absolute Gasteiger partial charge is 0.305 e. The average molecular weight is 316 g/mol. The molecule has 1 fully saturated rings. The number of esters is 1. The molecule has 1 N–H and O–H groups in total. The molecular weight excluding hydrogens is 292 g/mol. The van der Waals surface area contributed by atoms with Crippen LogP contribution in [0.15, 0.2) is 17.3 Å². The molecule has 0 bridgehead atoms. The monoisotopic (exact) mass is 316 g/mol. The van der Waals surface area contributed by atoms with Crippen molar-refractivity contribution < 1.29 is 17.9 Å². The van der Waals surface area contributed by atoms with E-state index in [-0.39, 0.29) is 17.8 Å². The highest BCUT2D eigenvalue weighted by atomic mass is 32.2. The van der Waals surface area contributed by atoms with Crippen LogP contribution in [0.25, 0.3) is 0 Å². The maximum Gasteiger partial charge on any atom is 0.305 e.